The number of nitrogens with one attached hydrogen (secondary N) is 1. The van der Waals surface area contributed by atoms with Gasteiger partial charge in [-0.15, -0.1) is 12.4 Å². The van der Waals surface area contributed by atoms with Crippen LogP contribution in [-0.4, -0.2) is 13.1 Å². The molecule has 9 heavy (non-hydrogen) atoms. The molecule has 1 aliphatic rings. The van der Waals surface area contributed by atoms with E-state index in [1.165, 1.54) is 11.1 Å². The van der Waals surface area contributed by atoms with Crippen LogP contribution in [0.4, 0.5) is 0 Å². The maximum Gasteiger partial charge on any atom is 0.0168 e. The molecule has 0 aliphatic carbocycles. The number of piperidine rings is 1. The van der Waals surface area contributed by atoms with E-state index in [4.69, 9.17) is 0 Å². The summed E-state index contributed by atoms with van der Waals surface area (Å²) in [4.78, 5) is 0. The molecule has 1 saturated heterocycles. The normalized spacial score (nSPS) is 19.1. The summed E-state index contributed by atoms with van der Waals surface area (Å²) in [7, 11) is 0. The summed E-state index contributed by atoms with van der Waals surface area (Å²) in [5, 5.41) is 3.19. The second-order valence-corrected chi connectivity index (χ2v) is 2.28. The summed E-state index contributed by atoms with van der Waals surface area (Å²) in [5.41, 5.74) is 2.50. The monoisotopic (exact) mass is 145 g/mol. The van der Waals surface area contributed by atoms with Crippen LogP contribution in [0.3, 0.4) is 0 Å². The largest absolute Gasteiger partial charge is 0.309 e. The highest BCUT2D eigenvalue weighted by atomic mass is 35.5. The molecule has 0 spiro atoms. The van der Waals surface area contributed by atoms with Crippen molar-refractivity contribution in [1.82, 2.24) is 5.32 Å². The molecule has 1 rings (SSSR count). The van der Waals surface area contributed by atoms with E-state index < -0.39 is 0 Å². The van der Waals surface area contributed by atoms with Gasteiger partial charge < -0.3 is 5.32 Å². The summed E-state index contributed by atoms with van der Waals surface area (Å²) < 4.78 is 0. The average molecular weight is 146 g/mol. The van der Waals surface area contributed by atoms with Crippen molar-refractivity contribution in [3.8, 4) is 0 Å². The van der Waals surface area contributed by atoms with Crippen LogP contribution in [-0.2, 0) is 0 Å². The lowest BCUT2D eigenvalue weighted by Crippen LogP contribution is -2.24. The zero-order valence-electron chi connectivity index (χ0n) is 5.44. The Bertz CT molecular complexity index is 115. The van der Waals surface area contributed by atoms with Crippen molar-refractivity contribution in [2.45, 2.75) is 6.42 Å². The van der Waals surface area contributed by atoms with Crippen LogP contribution in [0.25, 0.3) is 0 Å². The van der Waals surface area contributed by atoms with Gasteiger partial charge in [-0.2, -0.15) is 0 Å². The summed E-state index contributed by atoms with van der Waals surface area (Å²) >= 11 is 0. The fourth-order valence-electron chi connectivity index (χ4n) is 0.895. The lowest BCUT2D eigenvalue weighted by molar-refractivity contribution is 0.716. The van der Waals surface area contributed by atoms with Gasteiger partial charge in [-0.1, -0.05) is 24.3 Å². The van der Waals surface area contributed by atoms with Gasteiger partial charge in [-0.3, -0.25) is 0 Å². The van der Waals surface area contributed by atoms with Gasteiger partial charge in [0.05, 0.1) is 0 Å². The van der Waals surface area contributed by atoms with Gasteiger partial charge in [0.25, 0.3) is 0 Å². The molecule has 0 bridgehead atoms. The van der Waals surface area contributed by atoms with Crippen LogP contribution in [0.5, 0.6) is 0 Å². The second kappa shape index (κ2) is 3.70. The maximum atomic E-state index is 3.84. The van der Waals surface area contributed by atoms with Crippen LogP contribution in [0.2, 0.25) is 0 Å². The van der Waals surface area contributed by atoms with Gasteiger partial charge in [0.1, 0.15) is 0 Å². The lowest BCUT2D eigenvalue weighted by atomic mass is 10.1. The second-order valence-electron chi connectivity index (χ2n) is 2.28. The highest BCUT2D eigenvalue weighted by molar-refractivity contribution is 5.85. The minimum atomic E-state index is 0. The first-order valence-electron chi connectivity index (χ1n) is 2.83. The molecular formula is C7H12ClN. The molecule has 0 amide bonds. The zero-order valence-corrected chi connectivity index (χ0v) is 6.26. The van der Waals surface area contributed by atoms with Crippen molar-refractivity contribution in [2.24, 2.45) is 0 Å². The summed E-state index contributed by atoms with van der Waals surface area (Å²) in [6, 6.07) is 0. The molecule has 2 heteroatoms. The van der Waals surface area contributed by atoms with E-state index in [0.29, 0.717) is 0 Å². The van der Waals surface area contributed by atoms with E-state index in [9.17, 15) is 0 Å². The summed E-state index contributed by atoms with van der Waals surface area (Å²) in [6.07, 6.45) is 1.02. The molecule has 1 heterocycles. The van der Waals surface area contributed by atoms with Crippen molar-refractivity contribution in [2.75, 3.05) is 13.1 Å². The fraction of sp³-hybridized carbons (Fsp3) is 0.429. The third-order valence-corrected chi connectivity index (χ3v) is 1.25. The van der Waals surface area contributed by atoms with E-state index in [-0.39, 0.29) is 12.4 Å². The third-order valence-electron chi connectivity index (χ3n) is 1.25. The molecular weight excluding hydrogens is 134 g/mol. The van der Waals surface area contributed by atoms with Crippen molar-refractivity contribution < 1.29 is 0 Å². The molecule has 0 saturated carbocycles. The molecule has 1 fully saturated rings. The van der Waals surface area contributed by atoms with E-state index in [0.717, 1.165) is 19.5 Å². The van der Waals surface area contributed by atoms with Crippen molar-refractivity contribution in [1.29, 1.82) is 0 Å². The van der Waals surface area contributed by atoms with Gasteiger partial charge in [0.2, 0.25) is 0 Å². The first-order valence-corrected chi connectivity index (χ1v) is 2.83. The van der Waals surface area contributed by atoms with Crippen LogP contribution in [0.1, 0.15) is 6.42 Å². The Hall–Kier alpha value is -0.270. The molecule has 0 atom stereocenters. The Morgan fingerprint density at radius 1 is 1.11 bits per heavy atom. The fourth-order valence-corrected chi connectivity index (χ4v) is 0.895. The SMILES string of the molecule is C=C1CNCC(=C)C1.Cl. The van der Waals surface area contributed by atoms with Gasteiger partial charge in [0.15, 0.2) is 0 Å². The minimum absolute atomic E-state index is 0. The summed E-state index contributed by atoms with van der Waals surface area (Å²) in [5.74, 6) is 0. The van der Waals surface area contributed by atoms with Crippen LogP contribution >= 0.6 is 12.4 Å². The molecule has 0 unspecified atom stereocenters. The van der Waals surface area contributed by atoms with E-state index in [1.54, 1.807) is 0 Å². The van der Waals surface area contributed by atoms with Crippen LogP contribution in [0.15, 0.2) is 24.3 Å². The van der Waals surface area contributed by atoms with Gasteiger partial charge >= 0.3 is 0 Å². The molecule has 0 aromatic heterocycles. The molecule has 0 aromatic rings. The number of rotatable bonds is 0. The van der Waals surface area contributed by atoms with Gasteiger partial charge in [0, 0.05) is 13.1 Å². The molecule has 1 N–H and O–H groups in total. The predicted octanol–water partition coefficient (Wildman–Crippen LogP) is 1.51. The Morgan fingerprint density at radius 2 is 1.56 bits per heavy atom. The molecule has 0 radical (unpaired) electrons. The number of hydrogen-bond donors (Lipinski definition) is 1. The van der Waals surface area contributed by atoms with Crippen molar-refractivity contribution in [3.63, 3.8) is 0 Å². The first-order chi connectivity index (χ1) is 3.79. The number of halogens is 1. The molecule has 1 aliphatic heterocycles. The average Bonchev–Trinajstić information content (AvgIpc) is 1.64. The standard InChI is InChI=1S/C7H11N.ClH/c1-6-3-7(2)5-8-4-6;/h8H,1-5H2;1H. The van der Waals surface area contributed by atoms with E-state index in [2.05, 4.69) is 18.5 Å². The van der Waals surface area contributed by atoms with Crippen LogP contribution < -0.4 is 5.32 Å². The zero-order chi connectivity index (χ0) is 5.98. The van der Waals surface area contributed by atoms with Crippen molar-refractivity contribution in [3.05, 3.63) is 24.3 Å². The summed E-state index contributed by atoms with van der Waals surface area (Å²) in [6.45, 7) is 9.62. The molecule has 0 aromatic carbocycles. The Labute approximate surface area is 62.2 Å². The highest BCUT2D eigenvalue weighted by Crippen LogP contribution is 2.09. The maximum absolute atomic E-state index is 3.84. The van der Waals surface area contributed by atoms with E-state index in [1.807, 2.05) is 0 Å². The van der Waals surface area contributed by atoms with E-state index >= 15 is 0 Å². The molecule has 1 nitrogen and oxygen atoms in total. The number of hydrogen-bond acceptors (Lipinski definition) is 1. The Morgan fingerprint density at radius 3 is 1.78 bits per heavy atom. The Balaban J connectivity index is 0.000000640. The topological polar surface area (TPSA) is 12.0 Å². The third kappa shape index (κ3) is 2.68. The first kappa shape index (κ1) is 8.73. The van der Waals surface area contributed by atoms with Gasteiger partial charge in [-0.05, 0) is 6.42 Å². The molecule has 52 valence electrons. The van der Waals surface area contributed by atoms with Gasteiger partial charge in [-0.25, -0.2) is 0 Å². The Kier molecular flexibility index (Phi) is 3.59. The smallest absolute Gasteiger partial charge is 0.0168 e. The quantitative estimate of drug-likeness (QED) is 0.510. The van der Waals surface area contributed by atoms with Crippen LogP contribution in [0, 0.1) is 0 Å². The predicted molar refractivity (Wildman–Crippen MR) is 43.0 cm³/mol. The minimum Gasteiger partial charge on any atom is -0.309 e. The van der Waals surface area contributed by atoms with Crippen molar-refractivity contribution >= 4 is 12.4 Å². The lowest BCUT2D eigenvalue weighted by Gasteiger charge is -2.15. The highest BCUT2D eigenvalue weighted by Gasteiger charge is 2.03.